The van der Waals surface area contributed by atoms with E-state index in [1.54, 1.807) is 0 Å². The van der Waals surface area contributed by atoms with Gasteiger partial charge in [-0.05, 0) is 70.6 Å². The van der Waals surface area contributed by atoms with Gasteiger partial charge in [0.25, 0.3) is 0 Å². The Labute approximate surface area is 169 Å². The van der Waals surface area contributed by atoms with Crippen LogP contribution in [0.1, 0.15) is 71.6 Å². The molecule has 2 N–H and O–H groups in total. The van der Waals surface area contributed by atoms with E-state index >= 15 is 0 Å². The van der Waals surface area contributed by atoms with Crippen LogP contribution in [0.2, 0.25) is 0 Å². The Kier molecular flexibility index (Phi) is 13.4. The van der Waals surface area contributed by atoms with E-state index in [0.717, 1.165) is 19.3 Å². The third-order valence-electron chi connectivity index (χ3n) is 4.95. The van der Waals surface area contributed by atoms with E-state index in [1.807, 2.05) is 26.0 Å². The minimum Gasteiger partial charge on any atom is -0.486 e. The van der Waals surface area contributed by atoms with E-state index in [0.29, 0.717) is 50.0 Å². The van der Waals surface area contributed by atoms with Crippen molar-refractivity contribution in [2.24, 2.45) is 5.92 Å². The maximum Gasteiger partial charge on any atom is 0.306 e. The number of hydrogen-bond donors (Lipinski definition) is 2. The van der Waals surface area contributed by atoms with Gasteiger partial charge in [0.1, 0.15) is 0 Å². The summed E-state index contributed by atoms with van der Waals surface area (Å²) < 4.78 is 10.4. The fourth-order valence-electron chi connectivity index (χ4n) is 3.45. The molecule has 5 nitrogen and oxygen atoms in total. The molecule has 0 aromatic rings. The van der Waals surface area contributed by atoms with Crippen LogP contribution in [0.4, 0.5) is 0 Å². The number of carbonyl (C=O) groups excluding carboxylic acids is 1. The Balaban J connectivity index is 2.35. The molecule has 0 aliphatic heterocycles. The molecule has 6 heteroatoms. The molecule has 156 valence electrons. The van der Waals surface area contributed by atoms with Crippen molar-refractivity contribution in [3.05, 3.63) is 12.2 Å². The van der Waals surface area contributed by atoms with Crippen molar-refractivity contribution in [3.63, 3.8) is 0 Å². The van der Waals surface area contributed by atoms with Gasteiger partial charge >= 0.3 is 5.97 Å². The number of thiocarbonyl (C=S) groups is 1. The van der Waals surface area contributed by atoms with Crippen LogP contribution in [0.15, 0.2) is 12.2 Å². The second kappa shape index (κ2) is 15.0. The highest BCUT2D eigenvalue weighted by molar-refractivity contribution is 7.80. The van der Waals surface area contributed by atoms with Crippen LogP contribution in [0.3, 0.4) is 0 Å². The SMILES string of the molecule is CCOC(=O)CC/C=C\CC(NCCC(O)C1CCCCC1)C(=S)OCC. The quantitative estimate of drug-likeness (QED) is 0.278. The average Bonchev–Trinajstić information content (AvgIpc) is 2.67. The molecule has 0 spiro atoms. The lowest BCUT2D eigenvalue weighted by atomic mass is 9.84. The normalized spacial score (nSPS) is 17.6. The molecule has 2 atom stereocenters. The zero-order valence-corrected chi connectivity index (χ0v) is 17.8. The lowest BCUT2D eigenvalue weighted by Gasteiger charge is -2.27. The lowest BCUT2D eigenvalue weighted by Crippen LogP contribution is -2.39. The van der Waals surface area contributed by atoms with Gasteiger partial charge in [-0.15, -0.1) is 0 Å². The van der Waals surface area contributed by atoms with Gasteiger partial charge in [-0.3, -0.25) is 4.79 Å². The topological polar surface area (TPSA) is 67.8 Å². The minimum atomic E-state index is -0.237. The van der Waals surface area contributed by atoms with E-state index in [9.17, 15) is 9.90 Å². The number of carbonyl (C=O) groups is 1. The van der Waals surface area contributed by atoms with Crippen LogP contribution in [-0.4, -0.2) is 48.0 Å². The summed E-state index contributed by atoms with van der Waals surface area (Å²) in [5.74, 6) is 0.277. The number of esters is 1. The van der Waals surface area contributed by atoms with E-state index in [-0.39, 0.29) is 18.1 Å². The van der Waals surface area contributed by atoms with E-state index in [1.165, 1.54) is 19.3 Å². The Morgan fingerprint density at radius 3 is 2.56 bits per heavy atom. The van der Waals surface area contributed by atoms with E-state index in [4.69, 9.17) is 21.7 Å². The summed E-state index contributed by atoms with van der Waals surface area (Å²) >= 11 is 5.38. The van der Waals surface area contributed by atoms with E-state index in [2.05, 4.69) is 5.32 Å². The number of aliphatic hydroxyl groups is 1. The van der Waals surface area contributed by atoms with E-state index < -0.39 is 0 Å². The number of ether oxygens (including phenoxy) is 2. The molecule has 0 aromatic carbocycles. The standard InChI is InChI=1S/C21H37NO4S/c1-3-25-20(24)14-10-6-9-13-18(21(27)26-4-2)22-16-15-19(23)17-11-7-5-8-12-17/h6,9,17-19,22-23H,3-5,7-8,10-16H2,1-2H3/b9-6-. The molecule has 0 heterocycles. The molecule has 1 aliphatic carbocycles. The first kappa shape index (κ1) is 24.1. The maximum atomic E-state index is 11.3. The maximum absolute atomic E-state index is 11.3. The molecular formula is C21H37NO4S. The van der Waals surface area contributed by atoms with Crippen LogP contribution in [0, 0.1) is 5.92 Å². The van der Waals surface area contributed by atoms with Crippen molar-refractivity contribution in [1.82, 2.24) is 5.32 Å². The van der Waals surface area contributed by atoms with Gasteiger partial charge in [0.2, 0.25) is 0 Å². The summed E-state index contributed by atoms with van der Waals surface area (Å²) in [4.78, 5) is 11.3. The van der Waals surface area contributed by atoms with Crippen molar-refractivity contribution in [2.75, 3.05) is 19.8 Å². The van der Waals surface area contributed by atoms with Gasteiger partial charge in [0.15, 0.2) is 5.05 Å². The Morgan fingerprint density at radius 1 is 1.19 bits per heavy atom. The van der Waals surface area contributed by atoms with Crippen molar-refractivity contribution >= 4 is 23.2 Å². The minimum absolute atomic E-state index is 0.0580. The van der Waals surface area contributed by atoms with Gasteiger partial charge in [-0.1, -0.05) is 31.4 Å². The van der Waals surface area contributed by atoms with Crippen molar-refractivity contribution in [2.45, 2.75) is 83.8 Å². The van der Waals surface area contributed by atoms with Gasteiger partial charge < -0.3 is 19.9 Å². The summed E-state index contributed by atoms with van der Waals surface area (Å²) in [5.41, 5.74) is 0. The highest BCUT2D eigenvalue weighted by Crippen LogP contribution is 2.27. The van der Waals surface area contributed by atoms with Crippen LogP contribution >= 0.6 is 12.2 Å². The third kappa shape index (κ3) is 10.8. The largest absolute Gasteiger partial charge is 0.486 e. The molecule has 0 amide bonds. The second-order valence-electron chi connectivity index (χ2n) is 7.06. The van der Waals surface area contributed by atoms with Crippen molar-refractivity contribution < 1.29 is 19.4 Å². The predicted octanol–water partition coefficient (Wildman–Crippen LogP) is 3.93. The molecule has 0 aromatic heterocycles. The molecule has 2 unspecified atom stereocenters. The highest BCUT2D eigenvalue weighted by Gasteiger charge is 2.22. The molecule has 1 rings (SSSR count). The molecule has 1 fully saturated rings. The first-order valence-electron chi connectivity index (χ1n) is 10.5. The molecule has 1 aliphatic rings. The molecule has 0 saturated heterocycles. The fourth-order valence-corrected chi connectivity index (χ4v) is 3.75. The Hall–Kier alpha value is -0.980. The number of nitrogens with one attached hydrogen (secondary N) is 1. The number of hydrogen-bond acceptors (Lipinski definition) is 6. The van der Waals surface area contributed by atoms with Crippen molar-refractivity contribution in [3.8, 4) is 0 Å². The van der Waals surface area contributed by atoms with Crippen LogP contribution in [0.25, 0.3) is 0 Å². The smallest absolute Gasteiger partial charge is 0.306 e. The first-order valence-corrected chi connectivity index (χ1v) is 10.9. The number of rotatable bonds is 13. The third-order valence-corrected chi connectivity index (χ3v) is 5.36. The molecule has 27 heavy (non-hydrogen) atoms. The Morgan fingerprint density at radius 2 is 1.89 bits per heavy atom. The molecule has 0 radical (unpaired) electrons. The summed E-state index contributed by atoms with van der Waals surface area (Å²) in [5, 5.41) is 14.4. The first-order chi connectivity index (χ1) is 13.1. The summed E-state index contributed by atoms with van der Waals surface area (Å²) in [6.45, 7) is 5.42. The molecule has 0 bridgehead atoms. The van der Waals surface area contributed by atoms with Crippen LogP contribution in [0.5, 0.6) is 0 Å². The zero-order valence-electron chi connectivity index (χ0n) is 17.0. The highest BCUT2D eigenvalue weighted by atomic mass is 32.1. The van der Waals surface area contributed by atoms with Crippen LogP contribution in [-0.2, 0) is 14.3 Å². The summed E-state index contributed by atoms with van der Waals surface area (Å²) in [6, 6.07) is -0.0580. The number of aliphatic hydroxyl groups excluding tert-OH is 1. The molecule has 1 saturated carbocycles. The molecular weight excluding hydrogens is 362 g/mol. The summed E-state index contributed by atoms with van der Waals surface area (Å²) in [7, 11) is 0. The predicted molar refractivity (Wildman–Crippen MR) is 113 cm³/mol. The van der Waals surface area contributed by atoms with Gasteiger partial charge in [0, 0.05) is 6.42 Å². The van der Waals surface area contributed by atoms with Crippen molar-refractivity contribution in [1.29, 1.82) is 0 Å². The van der Waals surface area contributed by atoms with Crippen LogP contribution < -0.4 is 5.32 Å². The number of allylic oxidation sites excluding steroid dienone is 1. The second-order valence-corrected chi connectivity index (χ2v) is 7.47. The lowest BCUT2D eigenvalue weighted by molar-refractivity contribution is -0.143. The van der Waals surface area contributed by atoms with Gasteiger partial charge in [-0.2, -0.15) is 0 Å². The Bertz CT molecular complexity index is 449. The summed E-state index contributed by atoms with van der Waals surface area (Å²) in [6.07, 6.45) is 12.3. The van der Waals surface area contributed by atoms with Gasteiger partial charge in [-0.25, -0.2) is 0 Å². The monoisotopic (exact) mass is 399 g/mol. The zero-order chi connectivity index (χ0) is 19.9. The van der Waals surface area contributed by atoms with Gasteiger partial charge in [0.05, 0.1) is 25.4 Å². The average molecular weight is 400 g/mol. The fraction of sp³-hybridized carbons (Fsp3) is 0.810.